The minimum absolute atomic E-state index is 0.482. The third-order valence-electron chi connectivity index (χ3n) is 0.736. The quantitative estimate of drug-likeness (QED) is 0.485. The maximum atomic E-state index is 10.0. The maximum absolute atomic E-state index is 10.0. The number of allylic oxidation sites excluding steroid dienone is 1. The minimum Gasteiger partial charge on any atom is -0.402 e. The molecule has 0 aromatic carbocycles. The Balaban J connectivity index is 3.75. The summed E-state index contributed by atoms with van der Waals surface area (Å²) in [5.41, 5.74) is 10.5. The molecule has 0 bridgehead atoms. The van der Waals surface area contributed by atoms with E-state index < -0.39 is 5.91 Å². The Kier molecular flexibility index (Phi) is 2.69. The number of amides is 1. The van der Waals surface area contributed by atoms with E-state index in [0.717, 1.165) is 0 Å². The van der Waals surface area contributed by atoms with Crippen LogP contribution in [0.5, 0.6) is 0 Å². The second kappa shape index (κ2) is 3.07. The Bertz CT molecular complexity index is 118. The lowest BCUT2D eigenvalue weighted by atomic mass is 10.3. The van der Waals surface area contributed by atoms with E-state index in [0.29, 0.717) is 12.1 Å². The normalized spacial score (nSPS) is 11.4. The van der Waals surface area contributed by atoms with E-state index in [1.807, 2.05) is 6.92 Å². The van der Waals surface area contributed by atoms with Crippen LogP contribution in [-0.4, -0.2) is 5.91 Å². The van der Waals surface area contributed by atoms with Crippen LogP contribution in [0.15, 0.2) is 11.8 Å². The molecule has 3 heteroatoms. The lowest BCUT2D eigenvalue weighted by molar-refractivity contribution is -0.113. The van der Waals surface area contributed by atoms with Crippen molar-refractivity contribution in [3.63, 3.8) is 0 Å². The molecular weight excluding hydrogens is 104 g/mol. The predicted octanol–water partition coefficient (Wildman–Crippen LogP) is -0.276. The van der Waals surface area contributed by atoms with Crippen molar-refractivity contribution >= 4 is 5.91 Å². The number of rotatable bonds is 2. The Labute approximate surface area is 48.4 Å². The molecule has 0 aliphatic rings. The minimum atomic E-state index is -0.482. The lowest BCUT2D eigenvalue weighted by Gasteiger charge is -1.89. The van der Waals surface area contributed by atoms with E-state index in [1.54, 1.807) is 0 Å². The maximum Gasteiger partial charge on any atom is 0.243 e. The van der Waals surface area contributed by atoms with Crippen molar-refractivity contribution in [2.45, 2.75) is 13.3 Å². The van der Waals surface area contributed by atoms with Crippen molar-refractivity contribution in [1.82, 2.24) is 0 Å². The van der Waals surface area contributed by atoms with E-state index in [-0.39, 0.29) is 0 Å². The topological polar surface area (TPSA) is 69.1 Å². The fourth-order valence-electron chi connectivity index (χ4n) is 0.285. The van der Waals surface area contributed by atoms with Crippen LogP contribution in [0.4, 0.5) is 0 Å². The van der Waals surface area contributed by atoms with Crippen molar-refractivity contribution in [1.29, 1.82) is 0 Å². The number of carbonyl (C=O) groups excluding carboxylic acids is 1. The number of carbonyl (C=O) groups is 1. The second-order valence-electron chi connectivity index (χ2n) is 1.48. The fourth-order valence-corrected chi connectivity index (χ4v) is 0.285. The summed E-state index contributed by atoms with van der Waals surface area (Å²) in [5, 5.41) is 0. The van der Waals surface area contributed by atoms with E-state index in [2.05, 4.69) is 0 Å². The van der Waals surface area contributed by atoms with Crippen LogP contribution in [0.1, 0.15) is 13.3 Å². The van der Waals surface area contributed by atoms with Gasteiger partial charge in [-0.15, -0.1) is 0 Å². The standard InChI is InChI=1S/C5H10N2O/c1-2-4(6)3-5(7)8/h3H,2,6H2,1H3,(H2,7,8). The van der Waals surface area contributed by atoms with Crippen LogP contribution in [0.25, 0.3) is 0 Å². The molecule has 0 aromatic rings. The highest BCUT2D eigenvalue weighted by Gasteiger charge is 1.86. The summed E-state index contributed by atoms with van der Waals surface area (Å²) < 4.78 is 0. The van der Waals surface area contributed by atoms with Crippen molar-refractivity contribution in [2.24, 2.45) is 11.5 Å². The van der Waals surface area contributed by atoms with E-state index in [4.69, 9.17) is 11.5 Å². The molecule has 0 spiro atoms. The van der Waals surface area contributed by atoms with Gasteiger partial charge in [-0.3, -0.25) is 4.79 Å². The van der Waals surface area contributed by atoms with Gasteiger partial charge in [-0.2, -0.15) is 0 Å². The van der Waals surface area contributed by atoms with Crippen molar-refractivity contribution in [2.75, 3.05) is 0 Å². The van der Waals surface area contributed by atoms with Gasteiger partial charge in [0.1, 0.15) is 0 Å². The first kappa shape index (κ1) is 7.01. The van der Waals surface area contributed by atoms with Gasteiger partial charge >= 0.3 is 0 Å². The molecule has 0 fully saturated rings. The van der Waals surface area contributed by atoms with Gasteiger partial charge in [0.2, 0.25) is 5.91 Å². The molecule has 0 aromatic heterocycles. The first-order valence-electron chi connectivity index (χ1n) is 2.42. The highest BCUT2D eigenvalue weighted by molar-refractivity contribution is 5.86. The van der Waals surface area contributed by atoms with Gasteiger partial charge in [-0.1, -0.05) is 6.92 Å². The summed E-state index contributed by atoms with van der Waals surface area (Å²) in [6.07, 6.45) is 1.89. The Morgan fingerprint density at radius 3 is 2.25 bits per heavy atom. The van der Waals surface area contributed by atoms with Crippen LogP contribution in [-0.2, 0) is 4.79 Å². The van der Waals surface area contributed by atoms with Gasteiger partial charge in [0.05, 0.1) is 0 Å². The first-order chi connectivity index (χ1) is 3.66. The van der Waals surface area contributed by atoms with E-state index >= 15 is 0 Å². The molecule has 0 aliphatic carbocycles. The Morgan fingerprint density at radius 1 is 1.62 bits per heavy atom. The van der Waals surface area contributed by atoms with E-state index in [9.17, 15) is 4.79 Å². The third-order valence-corrected chi connectivity index (χ3v) is 0.736. The summed E-state index contributed by atoms with van der Waals surface area (Å²) in [7, 11) is 0. The first-order valence-corrected chi connectivity index (χ1v) is 2.42. The molecule has 0 atom stereocenters. The van der Waals surface area contributed by atoms with Gasteiger partial charge in [0.15, 0.2) is 0 Å². The number of hydrogen-bond acceptors (Lipinski definition) is 2. The molecule has 0 heterocycles. The van der Waals surface area contributed by atoms with Gasteiger partial charge < -0.3 is 11.5 Å². The summed E-state index contributed by atoms with van der Waals surface area (Å²) in [6.45, 7) is 1.86. The average Bonchev–Trinajstić information content (AvgIpc) is 1.65. The van der Waals surface area contributed by atoms with Crippen LogP contribution in [0, 0.1) is 0 Å². The summed E-state index contributed by atoms with van der Waals surface area (Å²) >= 11 is 0. The van der Waals surface area contributed by atoms with Crippen LogP contribution in [0.2, 0.25) is 0 Å². The zero-order valence-electron chi connectivity index (χ0n) is 4.85. The summed E-state index contributed by atoms with van der Waals surface area (Å²) in [5.74, 6) is -0.482. The molecular formula is C5H10N2O. The highest BCUT2D eigenvalue weighted by Crippen LogP contribution is 1.86. The van der Waals surface area contributed by atoms with Crippen molar-refractivity contribution in [3.05, 3.63) is 11.8 Å². The molecule has 3 nitrogen and oxygen atoms in total. The van der Waals surface area contributed by atoms with Gasteiger partial charge in [0, 0.05) is 11.8 Å². The number of hydrogen-bond donors (Lipinski definition) is 2. The Morgan fingerprint density at radius 2 is 2.12 bits per heavy atom. The van der Waals surface area contributed by atoms with Crippen molar-refractivity contribution < 1.29 is 4.79 Å². The predicted molar refractivity (Wildman–Crippen MR) is 31.8 cm³/mol. The SMILES string of the molecule is CCC(N)=CC(N)=O. The molecule has 8 heavy (non-hydrogen) atoms. The van der Waals surface area contributed by atoms with Crippen LogP contribution < -0.4 is 11.5 Å². The molecule has 4 N–H and O–H groups in total. The highest BCUT2D eigenvalue weighted by atomic mass is 16.1. The molecule has 1 amide bonds. The largest absolute Gasteiger partial charge is 0.402 e. The molecule has 0 radical (unpaired) electrons. The summed E-state index contributed by atoms with van der Waals surface area (Å²) in [6, 6.07) is 0. The average molecular weight is 114 g/mol. The van der Waals surface area contributed by atoms with Crippen LogP contribution >= 0.6 is 0 Å². The van der Waals surface area contributed by atoms with Gasteiger partial charge in [0.25, 0.3) is 0 Å². The van der Waals surface area contributed by atoms with Crippen molar-refractivity contribution in [3.8, 4) is 0 Å². The zero-order valence-corrected chi connectivity index (χ0v) is 4.85. The molecule has 0 saturated heterocycles. The monoisotopic (exact) mass is 114 g/mol. The van der Waals surface area contributed by atoms with Gasteiger partial charge in [-0.25, -0.2) is 0 Å². The smallest absolute Gasteiger partial charge is 0.243 e. The molecule has 0 rings (SSSR count). The second-order valence-corrected chi connectivity index (χ2v) is 1.48. The Hall–Kier alpha value is -0.990. The number of primary amides is 1. The lowest BCUT2D eigenvalue weighted by Crippen LogP contribution is -2.09. The summed E-state index contributed by atoms with van der Waals surface area (Å²) in [4.78, 5) is 10.0. The van der Waals surface area contributed by atoms with E-state index in [1.165, 1.54) is 6.08 Å². The molecule has 46 valence electrons. The molecule has 0 unspecified atom stereocenters. The van der Waals surface area contributed by atoms with Gasteiger partial charge in [-0.05, 0) is 6.42 Å². The third kappa shape index (κ3) is 3.21. The fraction of sp³-hybridized carbons (Fsp3) is 0.400. The zero-order chi connectivity index (χ0) is 6.57. The van der Waals surface area contributed by atoms with Crippen LogP contribution in [0.3, 0.4) is 0 Å². The molecule has 0 aliphatic heterocycles. The molecule has 0 saturated carbocycles. The number of nitrogens with two attached hydrogens (primary N) is 2.